The third kappa shape index (κ3) is 8.20. The fourth-order valence-electron chi connectivity index (χ4n) is 6.18. The molecule has 222 valence electrons. The quantitative estimate of drug-likeness (QED) is 0.219. The summed E-state index contributed by atoms with van der Waals surface area (Å²) >= 11 is 0. The summed E-state index contributed by atoms with van der Waals surface area (Å²) in [6, 6.07) is 41.1. The molecule has 1 aliphatic heterocycles. The van der Waals surface area contributed by atoms with E-state index in [1.54, 1.807) is 0 Å². The average Bonchev–Trinajstić information content (AvgIpc) is 3.07. The molecule has 5 rings (SSSR count). The van der Waals surface area contributed by atoms with Gasteiger partial charge >= 0.3 is 0 Å². The molecule has 0 bridgehead atoms. The van der Waals surface area contributed by atoms with E-state index in [0.29, 0.717) is 19.5 Å². The molecule has 1 N–H and O–H groups in total. The zero-order chi connectivity index (χ0) is 29.9. The molecule has 1 unspecified atom stereocenters. The molecular formula is C38H43N3O2. The van der Waals surface area contributed by atoms with Crippen LogP contribution in [0.2, 0.25) is 0 Å². The highest BCUT2D eigenvalue weighted by molar-refractivity contribution is 5.84. The van der Waals surface area contributed by atoms with E-state index in [2.05, 4.69) is 70.9 Å². The standard InChI is InChI=1S/C38H43N3O2/c1-40(27-24-32-16-8-3-9-17-32)37(43)35(33-18-10-4-11-19-33)30-41-28-25-38(26-29-41,34-20-12-5-13-21-34)39-36(42)23-22-31-14-6-2-7-15-31/h2-21,35H,22-30H2,1H3,(H,39,42). The number of piperidine rings is 1. The van der Waals surface area contributed by atoms with Crippen molar-refractivity contribution in [2.24, 2.45) is 0 Å². The van der Waals surface area contributed by atoms with Gasteiger partial charge in [0.2, 0.25) is 11.8 Å². The van der Waals surface area contributed by atoms with Gasteiger partial charge in [-0.15, -0.1) is 0 Å². The van der Waals surface area contributed by atoms with E-state index < -0.39 is 5.54 Å². The Morgan fingerprint density at radius 3 is 1.84 bits per heavy atom. The van der Waals surface area contributed by atoms with E-state index in [1.165, 1.54) is 11.1 Å². The van der Waals surface area contributed by atoms with Crippen LogP contribution >= 0.6 is 0 Å². The predicted octanol–water partition coefficient (Wildman–Crippen LogP) is 6.21. The lowest BCUT2D eigenvalue weighted by atomic mass is 9.80. The second-order valence-corrected chi connectivity index (χ2v) is 11.7. The van der Waals surface area contributed by atoms with Crippen molar-refractivity contribution in [1.29, 1.82) is 0 Å². The molecule has 5 heteroatoms. The van der Waals surface area contributed by atoms with Crippen molar-refractivity contribution < 1.29 is 9.59 Å². The molecule has 1 fully saturated rings. The van der Waals surface area contributed by atoms with Gasteiger partial charge in [-0.2, -0.15) is 0 Å². The number of rotatable bonds is 12. The highest BCUT2D eigenvalue weighted by Crippen LogP contribution is 2.34. The van der Waals surface area contributed by atoms with Gasteiger partial charge in [-0.05, 0) is 47.9 Å². The molecule has 4 aromatic carbocycles. The Morgan fingerprint density at radius 2 is 1.26 bits per heavy atom. The lowest BCUT2D eigenvalue weighted by Gasteiger charge is -2.43. The van der Waals surface area contributed by atoms with Crippen LogP contribution in [0.15, 0.2) is 121 Å². The molecule has 1 heterocycles. The maximum atomic E-state index is 13.9. The van der Waals surface area contributed by atoms with Gasteiger partial charge in [-0.25, -0.2) is 0 Å². The monoisotopic (exact) mass is 573 g/mol. The first-order chi connectivity index (χ1) is 21.0. The summed E-state index contributed by atoms with van der Waals surface area (Å²) in [4.78, 5) is 31.4. The van der Waals surface area contributed by atoms with Crippen LogP contribution in [0.1, 0.15) is 47.4 Å². The summed E-state index contributed by atoms with van der Waals surface area (Å²) < 4.78 is 0. The largest absolute Gasteiger partial charge is 0.346 e. The van der Waals surface area contributed by atoms with Crippen LogP contribution in [0.3, 0.4) is 0 Å². The summed E-state index contributed by atoms with van der Waals surface area (Å²) in [6.07, 6.45) is 3.61. The SMILES string of the molecule is CN(CCc1ccccc1)C(=O)C(CN1CCC(NC(=O)CCc2ccccc2)(c2ccccc2)CC1)c1ccccc1. The highest BCUT2D eigenvalue weighted by Gasteiger charge is 2.38. The van der Waals surface area contributed by atoms with Crippen molar-refractivity contribution in [3.05, 3.63) is 144 Å². The minimum Gasteiger partial charge on any atom is -0.346 e. The summed E-state index contributed by atoms with van der Waals surface area (Å²) in [5.41, 5.74) is 4.20. The fourth-order valence-corrected chi connectivity index (χ4v) is 6.18. The fraction of sp³-hybridized carbons (Fsp3) is 0.316. The number of likely N-dealkylation sites (N-methyl/N-ethyl adjacent to an activating group) is 1. The van der Waals surface area contributed by atoms with Gasteiger partial charge in [0, 0.05) is 39.6 Å². The number of nitrogens with one attached hydrogen (secondary N) is 1. The van der Waals surface area contributed by atoms with Gasteiger partial charge in [0.05, 0.1) is 11.5 Å². The lowest BCUT2D eigenvalue weighted by Crippen LogP contribution is -2.54. The Kier molecular flexibility index (Phi) is 10.4. The molecular weight excluding hydrogens is 530 g/mol. The van der Waals surface area contributed by atoms with Gasteiger partial charge in [-0.1, -0.05) is 121 Å². The number of hydrogen-bond donors (Lipinski definition) is 1. The minimum absolute atomic E-state index is 0.0820. The Hall–Kier alpha value is -4.22. The molecule has 1 saturated heterocycles. The van der Waals surface area contributed by atoms with E-state index in [-0.39, 0.29) is 17.7 Å². The van der Waals surface area contributed by atoms with Gasteiger partial charge in [0.25, 0.3) is 0 Å². The van der Waals surface area contributed by atoms with E-state index >= 15 is 0 Å². The molecule has 0 radical (unpaired) electrons. The van der Waals surface area contributed by atoms with Gasteiger partial charge < -0.3 is 15.1 Å². The van der Waals surface area contributed by atoms with Crippen LogP contribution in [-0.4, -0.2) is 54.8 Å². The molecule has 0 spiro atoms. The second kappa shape index (κ2) is 14.8. The minimum atomic E-state index is -0.412. The molecule has 1 aliphatic rings. The first kappa shape index (κ1) is 30.2. The van der Waals surface area contributed by atoms with Crippen LogP contribution < -0.4 is 5.32 Å². The van der Waals surface area contributed by atoms with E-state index in [4.69, 9.17) is 0 Å². The van der Waals surface area contributed by atoms with Crippen molar-refractivity contribution in [2.45, 2.75) is 43.6 Å². The number of likely N-dealkylation sites (tertiary alicyclic amines) is 1. The van der Waals surface area contributed by atoms with E-state index in [9.17, 15) is 9.59 Å². The van der Waals surface area contributed by atoms with E-state index in [1.807, 2.05) is 72.6 Å². The number of aryl methyl sites for hydroxylation is 1. The molecule has 0 aromatic heterocycles. The lowest BCUT2D eigenvalue weighted by molar-refractivity contribution is -0.132. The van der Waals surface area contributed by atoms with Crippen molar-refractivity contribution in [3.63, 3.8) is 0 Å². The number of nitrogens with zero attached hydrogens (tertiary/aromatic N) is 2. The maximum Gasteiger partial charge on any atom is 0.231 e. The smallest absolute Gasteiger partial charge is 0.231 e. The molecule has 0 aliphatic carbocycles. The van der Waals surface area contributed by atoms with Crippen molar-refractivity contribution >= 4 is 11.8 Å². The zero-order valence-electron chi connectivity index (χ0n) is 25.2. The van der Waals surface area contributed by atoms with Crippen LogP contribution in [-0.2, 0) is 28.0 Å². The van der Waals surface area contributed by atoms with Crippen LogP contribution in [0, 0.1) is 0 Å². The maximum absolute atomic E-state index is 13.9. The van der Waals surface area contributed by atoms with Crippen LogP contribution in [0.4, 0.5) is 0 Å². The Balaban J connectivity index is 1.25. The third-order valence-corrected chi connectivity index (χ3v) is 8.79. The number of benzene rings is 4. The first-order valence-electron chi connectivity index (χ1n) is 15.5. The predicted molar refractivity (Wildman–Crippen MR) is 174 cm³/mol. The van der Waals surface area contributed by atoms with Crippen molar-refractivity contribution in [2.75, 3.05) is 33.2 Å². The van der Waals surface area contributed by atoms with Gasteiger partial charge in [-0.3, -0.25) is 9.59 Å². The zero-order valence-corrected chi connectivity index (χ0v) is 25.2. The van der Waals surface area contributed by atoms with Gasteiger partial charge in [0.15, 0.2) is 0 Å². The molecule has 2 amide bonds. The van der Waals surface area contributed by atoms with Crippen LogP contribution in [0.5, 0.6) is 0 Å². The number of hydrogen-bond acceptors (Lipinski definition) is 3. The topological polar surface area (TPSA) is 52.7 Å². The molecule has 1 atom stereocenters. The number of amides is 2. The number of carbonyl (C=O) groups excluding carboxylic acids is 2. The van der Waals surface area contributed by atoms with Gasteiger partial charge in [0.1, 0.15) is 0 Å². The third-order valence-electron chi connectivity index (χ3n) is 8.79. The average molecular weight is 574 g/mol. The van der Waals surface area contributed by atoms with Crippen LogP contribution in [0.25, 0.3) is 0 Å². The molecule has 5 nitrogen and oxygen atoms in total. The molecule has 4 aromatic rings. The number of carbonyl (C=O) groups is 2. The normalized spacial score (nSPS) is 15.4. The Morgan fingerprint density at radius 1 is 0.744 bits per heavy atom. The van der Waals surface area contributed by atoms with Crippen molar-refractivity contribution in [3.8, 4) is 0 Å². The first-order valence-corrected chi connectivity index (χ1v) is 15.5. The Bertz CT molecular complexity index is 1420. The summed E-state index contributed by atoms with van der Waals surface area (Å²) in [5.74, 6) is -0.0126. The molecule has 43 heavy (non-hydrogen) atoms. The second-order valence-electron chi connectivity index (χ2n) is 11.7. The highest BCUT2D eigenvalue weighted by atomic mass is 16.2. The van der Waals surface area contributed by atoms with Crippen molar-refractivity contribution in [1.82, 2.24) is 15.1 Å². The summed E-state index contributed by atoms with van der Waals surface area (Å²) in [5, 5.41) is 3.46. The summed E-state index contributed by atoms with van der Waals surface area (Å²) in [6.45, 7) is 2.94. The van der Waals surface area contributed by atoms with E-state index in [0.717, 1.165) is 49.9 Å². The summed E-state index contributed by atoms with van der Waals surface area (Å²) in [7, 11) is 1.92. The Labute approximate surface area is 256 Å². The molecule has 0 saturated carbocycles.